The summed E-state index contributed by atoms with van der Waals surface area (Å²) in [5.41, 5.74) is 0.106. The molecule has 0 N–H and O–H groups in total. The zero-order valence-corrected chi connectivity index (χ0v) is 13.3. The van der Waals surface area contributed by atoms with Gasteiger partial charge in [-0.3, -0.25) is 9.59 Å². The Balaban J connectivity index is 1.71. The van der Waals surface area contributed by atoms with Crippen LogP contribution in [0.5, 0.6) is 5.75 Å². The Labute approximate surface area is 139 Å². The van der Waals surface area contributed by atoms with Gasteiger partial charge in [-0.15, -0.1) is 0 Å². The van der Waals surface area contributed by atoms with Crippen LogP contribution in [0.3, 0.4) is 0 Å². The molecule has 130 valence electrons. The Bertz CT molecular complexity index is 620. The molecule has 2 fully saturated rings. The van der Waals surface area contributed by atoms with Gasteiger partial charge in [-0.05, 0) is 31.4 Å². The molecule has 0 radical (unpaired) electrons. The third-order valence-electron chi connectivity index (χ3n) is 4.56. The molecule has 1 aromatic carbocycles. The van der Waals surface area contributed by atoms with Gasteiger partial charge in [-0.1, -0.05) is 12.1 Å². The number of carbonyl (C=O) groups excluding carboxylic acids is 2. The van der Waals surface area contributed by atoms with Crippen molar-refractivity contribution in [2.24, 2.45) is 5.92 Å². The van der Waals surface area contributed by atoms with Gasteiger partial charge in [0.05, 0.1) is 11.5 Å². The molecule has 2 aliphatic heterocycles. The fourth-order valence-electron chi connectivity index (χ4n) is 3.17. The minimum atomic E-state index is -2.99. The summed E-state index contributed by atoms with van der Waals surface area (Å²) < 4.78 is 29.5. The van der Waals surface area contributed by atoms with E-state index in [9.17, 15) is 18.4 Å². The van der Waals surface area contributed by atoms with Gasteiger partial charge in [0.2, 0.25) is 5.91 Å². The van der Waals surface area contributed by atoms with Crippen LogP contribution in [0.15, 0.2) is 24.3 Å². The van der Waals surface area contributed by atoms with Gasteiger partial charge in [-0.25, -0.2) is 0 Å². The van der Waals surface area contributed by atoms with Crippen LogP contribution in [-0.2, 0) is 4.79 Å². The Kier molecular flexibility index (Phi) is 4.97. The second kappa shape index (κ2) is 7.15. The molecule has 7 heteroatoms. The van der Waals surface area contributed by atoms with E-state index in [1.807, 2.05) is 4.90 Å². The lowest BCUT2D eigenvalue weighted by atomic mass is 9.94. The van der Waals surface area contributed by atoms with E-state index in [1.165, 1.54) is 12.1 Å². The van der Waals surface area contributed by atoms with E-state index < -0.39 is 6.61 Å². The Morgan fingerprint density at radius 1 is 1.08 bits per heavy atom. The monoisotopic (exact) mass is 338 g/mol. The van der Waals surface area contributed by atoms with E-state index in [-0.39, 0.29) is 29.0 Å². The maximum Gasteiger partial charge on any atom is 0.387 e. The van der Waals surface area contributed by atoms with Crippen LogP contribution >= 0.6 is 0 Å². The molecule has 0 aromatic heterocycles. The van der Waals surface area contributed by atoms with Crippen molar-refractivity contribution in [3.63, 3.8) is 0 Å². The molecule has 0 aliphatic carbocycles. The summed E-state index contributed by atoms with van der Waals surface area (Å²) in [7, 11) is 0. The molecule has 24 heavy (non-hydrogen) atoms. The highest BCUT2D eigenvalue weighted by Crippen LogP contribution is 2.26. The highest BCUT2D eigenvalue weighted by Gasteiger charge is 2.34. The smallest absolute Gasteiger partial charge is 0.387 e. The van der Waals surface area contributed by atoms with E-state index in [2.05, 4.69) is 4.74 Å². The average Bonchev–Trinajstić information content (AvgIpc) is 2.52. The molecule has 0 bridgehead atoms. The highest BCUT2D eigenvalue weighted by atomic mass is 19.3. The van der Waals surface area contributed by atoms with Crippen molar-refractivity contribution in [3.05, 3.63) is 29.8 Å². The number of para-hydroxylation sites is 1. The highest BCUT2D eigenvalue weighted by molar-refractivity contribution is 5.97. The molecule has 2 amide bonds. The minimum Gasteiger partial charge on any atom is -0.434 e. The van der Waals surface area contributed by atoms with Crippen LogP contribution in [0.4, 0.5) is 8.78 Å². The second-order valence-corrected chi connectivity index (χ2v) is 6.14. The molecule has 2 heterocycles. The molecule has 2 aliphatic rings. The Morgan fingerprint density at radius 3 is 2.46 bits per heavy atom. The zero-order valence-electron chi connectivity index (χ0n) is 13.3. The summed E-state index contributed by atoms with van der Waals surface area (Å²) in [6.07, 6.45) is 2.52. The lowest BCUT2D eigenvalue weighted by molar-refractivity contribution is -0.140. The van der Waals surface area contributed by atoms with Crippen molar-refractivity contribution in [1.29, 1.82) is 0 Å². The van der Waals surface area contributed by atoms with Gasteiger partial charge >= 0.3 is 6.61 Å². The summed E-state index contributed by atoms with van der Waals surface area (Å²) in [5, 5.41) is 0. The average molecular weight is 338 g/mol. The SMILES string of the molecule is O=C(c1ccccc1OC(F)F)N1CCC[C@@H](C(=O)N2CCC2)C1. The van der Waals surface area contributed by atoms with Crippen LogP contribution in [0.2, 0.25) is 0 Å². The number of hydrogen-bond acceptors (Lipinski definition) is 3. The molecular formula is C17H20F2N2O3. The van der Waals surface area contributed by atoms with Crippen molar-refractivity contribution in [2.45, 2.75) is 25.9 Å². The van der Waals surface area contributed by atoms with E-state index in [0.29, 0.717) is 13.1 Å². The maximum absolute atomic E-state index is 12.7. The molecule has 1 atom stereocenters. The number of hydrogen-bond donors (Lipinski definition) is 0. The molecule has 0 unspecified atom stereocenters. The van der Waals surface area contributed by atoms with Gasteiger partial charge in [-0.2, -0.15) is 8.78 Å². The first-order valence-electron chi connectivity index (χ1n) is 8.18. The van der Waals surface area contributed by atoms with Gasteiger partial charge < -0.3 is 14.5 Å². The first-order valence-corrected chi connectivity index (χ1v) is 8.18. The van der Waals surface area contributed by atoms with E-state index >= 15 is 0 Å². The summed E-state index contributed by atoms with van der Waals surface area (Å²) >= 11 is 0. The van der Waals surface area contributed by atoms with Crippen LogP contribution in [0.25, 0.3) is 0 Å². The molecular weight excluding hydrogens is 318 g/mol. The van der Waals surface area contributed by atoms with Crippen molar-refractivity contribution >= 4 is 11.8 Å². The first kappa shape index (κ1) is 16.7. The minimum absolute atomic E-state index is 0.0934. The summed E-state index contributed by atoms with van der Waals surface area (Å²) in [5.74, 6) is -0.608. The predicted molar refractivity (Wildman–Crippen MR) is 82.9 cm³/mol. The number of benzene rings is 1. The third kappa shape index (κ3) is 3.49. The normalized spacial score (nSPS) is 20.7. The number of likely N-dealkylation sites (tertiary alicyclic amines) is 2. The molecule has 0 saturated carbocycles. The standard InChI is InChI=1S/C17H20F2N2O3/c18-17(19)24-14-7-2-1-6-13(14)16(23)21-8-3-5-12(11-21)15(22)20-9-4-10-20/h1-2,6-7,12,17H,3-5,8-11H2/t12-/m1/s1. The number of nitrogens with zero attached hydrogens (tertiary/aromatic N) is 2. The summed E-state index contributed by atoms with van der Waals surface area (Å²) in [6, 6.07) is 5.98. The number of carbonyl (C=O) groups is 2. The zero-order chi connectivity index (χ0) is 17.1. The van der Waals surface area contributed by atoms with Crippen molar-refractivity contribution in [1.82, 2.24) is 9.80 Å². The number of piperidine rings is 1. The van der Waals surface area contributed by atoms with Crippen LogP contribution < -0.4 is 4.74 Å². The molecule has 0 spiro atoms. The quantitative estimate of drug-likeness (QED) is 0.847. The predicted octanol–water partition coefficient (Wildman–Crippen LogP) is 2.37. The molecule has 3 rings (SSSR count). The number of ether oxygens (including phenoxy) is 1. The van der Waals surface area contributed by atoms with Gasteiger partial charge in [0, 0.05) is 26.2 Å². The van der Waals surface area contributed by atoms with Gasteiger partial charge in [0.25, 0.3) is 5.91 Å². The third-order valence-corrected chi connectivity index (χ3v) is 4.56. The van der Waals surface area contributed by atoms with Crippen LogP contribution in [0, 0.1) is 5.92 Å². The fourth-order valence-corrected chi connectivity index (χ4v) is 3.17. The molecule has 1 aromatic rings. The van der Waals surface area contributed by atoms with E-state index in [4.69, 9.17) is 0 Å². The van der Waals surface area contributed by atoms with Gasteiger partial charge in [0.1, 0.15) is 5.75 Å². The van der Waals surface area contributed by atoms with E-state index in [0.717, 1.165) is 32.4 Å². The largest absolute Gasteiger partial charge is 0.434 e. The van der Waals surface area contributed by atoms with Crippen molar-refractivity contribution in [3.8, 4) is 5.75 Å². The topological polar surface area (TPSA) is 49.9 Å². The fraction of sp³-hybridized carbons (Fsp3) is 0.529. The van der Waals surface area contributed by atoms with E-state index in [1.54, 1.807) is 17.0 Å². The second-order valence-electron chi connectivity index (χ2n) is 6.14. The summed E-state index contributed by atoms with van der Waals surface area (Å²) in [6.45, 7) is -0.563. The number of alkyl halides is 2. The number of halogens is 2. The van der Waals surface area contributed by atoms with Crippen molar-refractivity contribution in [2.75, 3.05) is 26.2 Å². The number of amides is 2. The maximum atomic E-state index is 12.7. The lowest BCUT2D eigenvalue weighted by Crippen LogP contribution is -2.50. The lowest BCUT2D eigenvalue weighted by Gasteiger charge is -2.38. The number of rotatable bonds is 4. The first-order chi connectivity index (χ1) is 11.6. The molecule has 2 saturated heterocycles. The van der Waals surface area contributed by atoms with Crippen molar-refractivity contribution < 1.29 is 23.1 Å². The van der Waals surface area contributed by atoms with Crippen LogP contribution in [0.1, 0.15) is 29.6 Å². The Morgan fingerprint density at radius 2 is 1.79 bits per heavy atom. The van der Waals surface area contributed by atoms with Crippen LogP contribution in [-0.4, -0.2) is 54.4 Å². The van der Waals surface area contributed by atoms with Gasteiger partial charge in [0.15, 0.2) is 0 Å². The summed E-state index contributed by atoms with van der Waals surface area (Å²) in [4.78, 5) is 28.4. The Hall–Kier alpha value is -2.18. The molecule has 5 nitrogen and oxygen atoms in total.